The molecule has 0 saturated carbocycles. The quantitative estimate of drug-likeness (QED) is 0.601. The van der Waals surface area contributed by atoms with Gasteiger partial charge in [0.2, 0.25) is 5.91 Å². The summed E-state index contributed by atoms with van der Waals surface area (Å²) in [6.45, 7) is 3.45. The van der Waals surface area contributed by atoms with Gasteiger partial charge in [0.15, 0.2) is 18.2 Å². The molecule has 0 bridgehead atoms. The van der Waals surface area contributed by atoms with E-state index in [0.717, 1.165) is 13.1 Å². The summed E-state index contributed by atoms with van der Waals surface area (Å²) in [7, 11) is 2.03. The highest BCUT2D eigenvalue weighted by atomic mass is 19.1. The van der Waals surface area contributed by atoms with E-state index in [9.17, 15) is 18.4 Å². The van der Waals surface area contributed by atoms with Crippen LogP contribution in [0, 0.1) is 17.6 Å². The lowest BCUT2D eigenvalue weighted by atomic mass is 9.90. The first kappa shape index (κ1) is 24.9. The third kappa shape index (κ3) is 6.69. The highest BCUT2D eigenvalue weighted by molar-refractivity contribution is 5.79. The van der Waals surface area contributed by atoms with E-state index in [1.165, 1.54) is 24.3 Å². The number of likely N-dealkylation sites (N-methyl/N-ethyl adjacent to an activating group) is 1. The van der Waals surface area contributed by atoms with Crippen molar-refractivity contribution >= 4 is 11.8 Å². The number of benzene rings is 2. The van der Waals surface area contributed by atoms with Gasteiger partial charge in [0.1, 0.15) is 17.7 Å². The second-order valence-electron chi connectivity index (χ2n) is 9.11. The number of ether oxygens (including phenoxy) is 2. The monoisotopic (exact) mass is 487 g/mol. The van der Waals surface area contributed by atoms with Gasteiger partial charge in [0.05, 0.1) is 0 Å². The number of hydrogen-bond donors (Lipinski definition) is 0. The fraction of sp³-hybridized carbons (Fsp3) is 0.462. The van der Waals surface area contributed by atoms with Gasteiger partial charge in [0, 0.05) is 58.0 Å². The van der Waals surface area contributed by atoms with E-state index in [-0.39, 0.29) is 48.4 Å². The van der Waals surface area contributed by atoms with Crippen LogP contribution in [0.2, 0.25) is 0 Å². The van der Waals surface area contributed by atoms with Gasteiger partial charge in [-0.15, -0.1) is 0 Å². The molecule has 0 aromatic heterocycles. The molecule has 0 unspecified atom stereocenters. The van der Waals surface area contributed by atoms with Crippen molar-refractivity contribution in [2.75, 3.05) is 52.9 Å². The van der Waals surface area contributed by atoms with Crippen molar-refractivity contribution < 1.29 is 27.8 Å². The minimum Gasteiger partial charge on any atom is -0.490 e. The van der Waals surface area contributed by atoms with Gasteiger partial charge in [-0.05, 0) is 43.4 Å². The maximum Gasteiger partial charge on any atom is 0.260 e. The summed E-state index contributed by atoms with van der Waals surface area (Å²) in [5, 5.41) is 0. The molecular formula is C26H31F2N3O4. The first-order valence-electron chi connectivity index (χ1n) is 11.9. The Hall–Kier alpha value is -3.20. The number of carbonyl (C=O) groups excluding carboxylic acids is 2. The van der Waals surface area contributed by atoms with E-state index in [1.54, 1.807) is 29.2 Å². The van der Waals surface area contributed by atoms with E-state index in [0.29, 0.717) is 38.3 Å². The Bertz CT molecular complexity index is 1010. The first-order chi connectivity index (χ1) is 16.9. The maximum atomic E-state index is 13.8. The van der Waals surface area contributed by atoms with Crippen LogP contribution in [0.1, 0.15) is 12.8 Å². The standard InChI is InChI=1S/C26H31F2N3O4/c1-29-12-14-30(15-13-29)25(32)16-19-17-31(26(33)18-34-24-5-3-2-4-22(24)28)11-10-23(19)35-21-8-6-20(27)7-9-21/h2-9,19,23H,10-18H2,1H3/t19-,23-/m0/s1. The number of hydrogen-bond acceptors (Lipinski definition) is 5. The molecule has 0 spiro atoms. The Morgan fingerprint density at radius 3 is 2.34 bits per heavy atom. The van der Waals surface area contributed by atoms with Crippen molar-refractivity contribution in [1.82, 2.24) is 14.7 Å². The third-order valence-electron chi connectivity index (χ3n) is 6.60. The number of para-hydroxylation sites is 1. The van der Waals surface area contributed by atoms with Crippen LogP contribution in [-0.2, 0) is 9.59 Å². The molecule has 2 aromatic carbocycles. The molecule has 4 rings (SSSR count). The van der Waals surface area contributed by atoms with Crippen LogP contribution in [0.15, 0.2) is 48.5 Å². The van der Waals surface area contributed by atoms with Gasteiger partial charge in [0.25, 0.3) is 5.91 Å². The number of nitrogens with zero attached hydrogens (tertiary/aromatic N) is 3. The molecule has 2 aromatic rings. The maximum absolute atomic E-state index is 13.8. The van der Waals surface area contributed by atoms with Crippen LogP contribution >= 0.6 is 0 Å². The summed E-state index contributed by atoms with van der Waals surface area (Å²) in [4.78, 5) is 31.6. The fourth-order valence-corrected chi connectivity index (χ4v) is 4.48. The molecule has 188 valence electrons. The lowest BCUT2D eigenvalue weighted by molar-refractivity contribution is -0.141. The van der Waals surface area contributed by atoms with Gasteiger partial charge in [-0.25, -0.2) is 8.78 Å². The second-order valence-corrected chi connectivity index (χ2v) is 9.11. The number of halogens is 2. The Morgan fingerprint density at radius 1 is 0.914 bits per heavy atom. The highest BCUT2D eigenvalue weighted by Gasteiger charge is 2.36. The summed E-state index contributed by atoms with van der Waals surface area (Å²) in [6.07, 6.45) is 0.463. The fourth-order valence-electron chi connectivity index (χ4n) is 4.48. The lowest BCUT2D eigenvalue weighted by Gasteiger charge is -2.39. The largest absolute Gasteiger partial charge is 0.490 e. The molecule has 2 amide bonds. The Kier molecular flexibility index (Phi) is 8.17. The Balaban J connectivity index is 1.41. The van der Waals surface area contributed by atoms with E-state index >= 15 is 0 Å². The van der Waals surface area contributed by atoms with Crippen molar-refractivity contribution in [3.63, 3.8) is 0 Å². The number of amides is 2. The number of likely N-dealkylation sites (tertiary alicyclic amines) is 1. The zero-order chi connectivity index (χ0) is 24.8. The third-order valence-corrected chi connectivity index (χ3v) is 6.60. The summed E-state index contributed by atoms with van der Waals surface area (Å²) < 4.78 is 38.7. The molecule has 9 heteroatoms. The molecule has 7 nitrogen and oxygen atoms in total. The number of carbonyl (C=O) groups is 2. The van der Waals surface area contributed by atoms with E-state index in [4.69, 9.17) is 9.47 Å². The van der Waals surface area contributed by atoms with Gasteiger partial charge >= 0.3 is 0 Å². The summed E-state index contributed by atoms with van der Waals surface area (Å²) in [5.41, 5.74) is 0. The van der Waals surface area contributed by atoms with Crippen molar-refractivity contribution in [2.24, 2.45) is 5.92 Å². The normalized spacial score (nSPS) is 21.0. The number of rotatable bonds is 7. The van der Waals surface area contributed by atoms with Crippen LogP contribution in [0.25, 0.3) is 0 Å². The minimum absolute atomic E-state index is 0.0252. The molecule has 2 heterocycles. The van der Waals surface area contributed by atoms with Gasteiger partial charge < -0.3 is 24.2 Å². The average molecular weight is 488 g/mol. The lowest BCUT2D eigenvalue weighted by Crippen LogP contribution is -2.52. The van der Waals surface area contributed by atoms with E-state index in [1.807, 2.05) is 11.9 Å². The Morgan fingerprint density at radius 2 is 1.63 bits per heavy atom. The first-order valence-corrected chi connectivity index (χ1v) is 11.9. The van der Waals surface area contributed by atoms with Crippen molar-refractivity contribution in [3.8, 4) is 11.5 Å². The molecule has 0 N–H and O–H groups in total. The van der Waals surface area contributed by atoms with Crippen molar-refractivity contribution in [3.05, 3.63) is 60.2 Å². The molecular weight excluding hydrogens is 456 g/mol. The van der Waals surface area contributed by atoms with Crippen LogP contribution < -0.4 is 9.47 Å². The molecule has 2 atom stereocenters. The zero-order valence-corrected chi connectivity index (χ0v) is 19.9. The molecule has 2 aliphatic rings. The molecule has 2 aliphatic heterocycles. The van der Waals surface area contributed by atoms with Crippen molar-refractivity contribution in [2.45, 2.75) is 18.9 Å². The highest BCUT2D eigenvalue weighted by Crippen LogP contribution is 2.27. The van der Waals surface area contributed by atoms with Crippen LogP contribution in [0.3, 0.4) is 0 Å². The number of piperidine rings is 1. The van der Waals surface area contributed by atoms with E-state index in [2.05, 4.69) is 4.90 Å². The second kappa shape index (κ2) is 11.5. The van der Waals surface area contributed by atoms with Gasteiger partial charge in [-0.2, -0.15) is 0 Å². The molecule has 0 aliphatic carbocycles. The predicted molar refractivity (Wildman–Crippen MR) is 126 cm³/mol. The topological polar surface area (TPSA) is 62.3 Å². The SMILES string of the molecule is CN1CCN(C(=O)C[C@H]2CN(C(=O)COc3ccccc3F)CC[C@@H]2Oc2ccc(F)cc2)CC1. The van der Waals surface area contributed by atoms with Crippen molar-refractivity contribution in [1.29, 1.82) is 0 Å². The zero-order valence-electron chi connectivity index (χ0n) is 19.9. The van der Waals surface area contributed by atoms with Crippen LogP contribution in [-0.4, -0.2) is 85.5 Å². The summed E-state index contributed by atoms with van der Waals surface area (Å²) >= 11 is 0. The van der Waals surface area contributed by atoms with Gasteiger partial charge in [-0.3, -0.25) is 9.59 Å². The van der Waals surface area contributed by atoms with Gasteiger partial charge in [-0.1, -0.05) is 12.1 Å². The summed E-state index contributed by atoms with van der Waals surface area (Å²) in [6, 6.07) is 11.7. The van der Waals surface area contributed by atoms with E-state index < -0.39 is 5.82 Å². The summed E-state index contributed by atoms with van der Waals surface area (Å²) in [5.74, 6) is -0.804. The smallest absolute Gasteiger partial charge is 0.260 e. The molecule has 2 saturated heterocycles. The minimum atomic E-state index is -0.526. The average Bonchev–Trinajstić information content (AvgIpc) is 2.86. The number of piperazine rings is 1. The molecule has 2 fully saturated rings. The van der Waals surface area contributed by atoms with Crippen LogP contribution in [0.5, 0.6) is 11.5 Å². The Labute approximate surface area is 204 Å². The van der Waals surface area contributed by atoms with Crippen LogP contribution in [0.4, 0.5) is 8.78 Å². The predicted octanol–water partition coefficient (Wildman–Crippen LogP) is 2.80. The molecule has 0 radical (unpaired) electrons. The molecule has 35 heavy (non-hydrogen) atoms.